The maximum Gasteiger partial charge on any atom is 0.416 e. The number of nitrogens with zero attached hydrogens (tertiary/aromatic N) is 2. The molecule has 3 heterocycles. The van der Waals surface area contributed by atoms with Crippen molar-refractivity contribution in [3.8, 4) is 0 Å². The maximum absolute atomic E-state index is 12.7. The van der Waals surface area contributed by atoms with E-state index in [1.807, 2.05) is 0 Å². The Hall–Kier alpha value is -2.18. The first kappa shape index (κ1) is 19.6. The molecule has 0 aliphatic carbocycles. The third-order valence-corrected chi connectivity index (χ3v) is 5.88. The number of amides is 1. The van der Waals surface area contributed by atoms with E-state index in [-0.39, 0.29) is 17.9 Å². The zero-order chi connectivity index (χ0) is 19.8. The summed E-state index contributed by atoms with van der Waals surface area (Å²) in [4.78, 5) is 19.7. The van der Waals surface area contributed by atoms with Gasteiger partial charge in [0.05, 0.1) is 12.6 Å². The molecule has 1 aliphatic heterocycles. The number of rotatable bonds is 5. The largest absolute Gasteiger partial charge is 0.416 e. The van der Waals surface area contributed by atoms with Crippen LogP contribution in [0.3, 0.4) is 0 Å². The van der Waals surface area contributed by atoms with Crippen LogP contribution < -0.4 is 4.72 Å². The van der Waals surface area contributed by atoms with E-state index in [4.69, 9.17) is 0 Å². The highest BCUT2D eigenvalue weighted by Crippen LogP contribution is 2.30. The molecule has 0 bridgehead atoms. The van der Waals surface area contributed by atoms with Gasteiger partial charge >= 0.3 is 6.18 Å². The van der Waals surface area contributed by atoms with E-state index in [9.17, 15) is 31.5 Å². The van der Waals surface area contributed by atoms with Gasteiger partial charge in [0.1, 0.15) is 10.5 Å². The van der Waals surface area contributed by atoms with Crippen molar-refractivity contribution in [1.82, 2.24) is 19.6 Å². The van der Waals surface area contributed by atoms with Crippen molar-refractivity contribution < 1.29 is 31.5 Å². The minimum atomic E-state index is -4.86. The maximum atomic E-state index is 12.7. The number of carbonyl (C=O) groups is 1. The molecular weight excluding hydrogens is 389 g/mol. The Kier molecular flexibility index (Phi) is 5.14. The molecule has 2 aromatic heterocycles. The van der Waals surface area contributed by atoms with Crippen LogP contribution in [0, 0.1) is 0 Å². The average molecular weight is 406 g/mol. The Labute approximate surface area is 152 Å². The number of pyridine rings is 1. The molecule has 2 aromatic rings. The van der Waals surface area contributed by atoms with Crippen molar-refractivity contribution in [2.24, 2.45) is 0 Å². The lowest BCUT2D eigenvalue weighted by Crippen LogP contribution is -2.51. The van der Waals surface area contributed by atoms with Crippen molar-refractivity contribution in [2.45, 2.75) is 36.1 Å². The normalized spacial score (nSPS) is 19.6. The van der Waals surface area contributed by atoms with Crippen LogP contribution in [0.1, 0.15) is 12.8 Å². The number of hydrogen-bond donors (Lipinski definition) is 3. The summed E-state index contributed by atoms with van der Waals surface area (Å²) < 4.78 is 65.2. The second-order valence-corrected chi connectivity index (χ2v) is 7.90. The summed E-state index contributed by atoms with van der Waals surface area (Å²) in [5, 5.41) is 9.76. The number of aromatic amines is 1. The number of alkyl halides is 3. The Morgan fingerprint density at radius 3 is 2.93 bits per heavy atom. The van der Waals surface area contributed by atoms with Crippen molar-refractivity contribution in [3.63, 3.8) is 0 Å². The summed E-state index contributed by atoms with van der Waals surface area (Å²) in [5.41, 5.74) is 0.345. The van der Waals surface area contributed by atoms with Gasteiger partial charge in [-0.3, -0.25) is 4.79 Å². The Bertz CT molecular complexity index is 944. The van der Waals surface area contributed by atoms with Crippen molar-refractivity contribution in [2.75, 3.05) is 13.1 Å². The molecular formula is C15H17F3N4O4S. The summed E-state index contributed by atoms with van der Waals surface area (Å²) in [5.74, 6) is -0.831. The number of H-pyrrole nitrogens is 1. The smallest absolute Gasteiger partial charge is 0.382 e. The highest BCUT2D eigenvalue weighted by Gasteiger charge is 2.48. The van der Waals surface area contributed by atoms with Crippen molar-refractivity contribution in [1.29, 1.82) is 0 Å². The van der Waals surface area contributed by atoms with Crippen LogP contribution in [-0.4, -0.2) is 65.7 Å². The SMILES string of the molecule is O=C(CNS(=O)(=O)c1c[nH]c2ncccc12)N1CCCC1C(O)C(F)(F)F. The van der Waals surface area contributed by atoms with E-state index >= 15 is 0 Å². The summed E-state index contributed by atoms with van der Waals surface area (Å²) in [6.45, 7) is -0.689. The van der Waals surface area contributed by atoms with Gasteiger partial charge in [-0.05, 0) is 25.0 Å². The van der Waals surface area contributed by atoms with Gasteiger partial charge in [0.2, 0.25) is 15.9 Å². The zero-order valence-electron chi connectivity index (χ0n) is 13.9. The number of carbonyl (C=O) groups excluding carboxylic acids is 1. The van der Waals surface area contributed by atoms with Gasteiger partial charge in [-0.2, -0.15) is 13.2 Å². The topological polar surface area (TPSA) is 115 Å². The molecule has 12 heteroatoms. The van der Waals surface area contributed by atoms with Crippen LogP contribution in [0.2, 0.25) is 0 Å². The molecule has 2 atom stereocenters. The quantitative estimate of drug-likeness (QED) is 0.678. The number of sulfonamides is 1. The molecule has 148 valence electrons. The van der Waals surface area contributed by atoms with Gasteiger partial charge in [-0.25, -0.2) is 18.1 Å². The molecule has 1 amide bonds. The lowest BCUT2D eigenvalue weighted by molar-refractivity contribution is -0.218. The predicted molar refractivity (Wildman–Crippen MR) is 88.1 cm³/mol. The average Bonchev–Trinajstić information content (AvgIpc) is 3.25. The number of aromatic nitrogens is 2. The fraction of sp³-hybridized carbons (Fsp3) is 0.467. The van der Waals surface area contributed by atoms with Crippen LogP contribution in [0.25, 0.3) is 11.0 Å². The van der Waals surface area contributed by atoms with Gasteiger partial charge in [-0.15, -0.1) is 0 Å². The molecule has 2 unspecified atom stereocenters. The van der Waals surface area contributed by atoms with Crippen molar-refractivity contribution in [3.05, 3.63) is 24.5 Å². The number of nitrogens with one attached hydrogen (secondary N) is 2. The van der Waals surface area contributed by atoms with Crippen LogP contribution in [0.5, 0.6) is 0 Å². The molecule has 1 fully saturated rings. The Morgan fingerprint density at radius 1 is 1.48 bits per heavy atom. The lowest BCUT2D eigenvalue weighted by atomic mass is 10.1. The van der Waals surface area contributed by atoms with Crippen LogP contribution in [0.15, 0.2) is 29.4 Å². The van der Waals surface area contributed by atoms with E-state index in [1.165, 1.54) is 18.5 Å². The minimum absolute atomic E-state index is 0.00666. The molecule has 0 spiro atoms. The Morgan fingerprint density at radius 2 is 2.22 bits per heavy atom. The van der Waals surface area contributed by atoms with E-state index in [0.29, 0.717) is 17.5 Å². The predicted octanol–water partition coefficient (Wildman–Crippen LogP) is 0.755. The number of hydrogen-bond acceptors (Lipinski definition) is 5. The molecule has 3 N–H and O–H groups in total. The van der Waals surface area contributed by atoms with E-state index in [2.05, 4.69) is 14.7 Å². The molecule has 1 aliphatic rings. The molecule has 1 saturated heterocycles. The highest BCUT2D eigenvalue weighted by molar-refractivity contribution is 7.89. The number of aliphatic hydroxyl groups excluding tert-OH is 1. The van der Waals surface area contributed by atoms with Gasteiger partial charge in [-0.1, -0.05) is 0 Å². The van der Waals surface area contributed by atoms with E-state index in [1.54, 1.807) is 6.07 Å². The fourth-order valence-corrected chi connectivity index (χ4v) is 4.28. The van der Waals surface area contributed by atoms with Crippen molar-refractivity contribution >= 4 is 27.0 Å². The van der Waals surface area contributed by atoms with E-state index in [0.717, 1.165) is 4.90 Å². The fourth-order valence-electron chi connectivity index (χ4n) is 3.14. The van der Waals surface area contributed by atoms with Gasteiger partial charge in [0, 0.05) is 24.3 Å². The molecule has 8 nitrogen and oxygen atoms in total. The molecule has 0 saturated carbocycles. The highest BCUT2D eigenvalue weighted by atomic mass is 32.2. The summed E-state index contributed by atoms with van der Waals surface area (Å²) in [6.07, 6.45) is -4.54. The molecule has 3 rings (SSSR count). The third kappa shape index (κ3) is 3.92. The molecule has 27 heavy (non-hydrogen) atoms. The summed E-state index contributed by atoms with van der Waals surface area (Å²) >= 11 is 0. The second kappa shape index (κ2) is 7.09. The summed E-state index contributed by atoms with van der Waals surface area (Å²) in [7, 11) is -4.09. The van der Waals surface area contributed by atoms with Gasteiger partial charge in [0.25, 0.3) is 0 Å². The first-order valence-corrected chi connectivity index (χ1v) is 9.55. The number of likely N-dealkylation sites (tertiary alicyclic amines) is 1. The number of fused-ring (bicyclic) bond motifs is 1. The van der Waals surface area contributed by atoms with Crippen LogP contribution in [-0.2, 0) is 14.8 Å². The summed E-state index contributed by atoms with van der Waals surface area (Å²) in [6, 6.07) is 1.67. The van der Waals surface area contributed by atoms with Crippen LogP contribution >= 0.6 is 0 Å². The first-order valence-electron chi connectivity index (χ1n) is 8.07. The van der Waals surface area contributed by atoms with Gasteiger partial charge < -0.3 is 15.0 Å². The minimum Gasteiger partial charge on any atom is -0.382 e. The standard InChI is InChI=1S/C15H17F3N4O4S/c16-15(17,18)13(24)10-4-2-6-22(10)12(23)8-21-27(25,26)11-7-20-14-9(11)3-1-5-19-14/h1,3,5,7,10,13,21,24H,2,4,6,8H2,(H,19,20). The number of halogens is 3. The molecule has 0 aromatic carbocycles. The van der Waals surface area contributed by atoms with Crippen LogP contribution in [0.4, 0.5) is 13.2 Å². The zero-order valence-corrected chi connectivity index (χ0v) is 14.7. The second-order valence-electron chi connectivity index (χ2n) is 6.16. The third-order valence-electron chi connectivity index (χ3n) is 4.44. The van der Waals surface area contributed by atoms with Gasteiger partial charge in [0.15, 0.2) is 6.10 Å². The van der Waals surface area contributed by atoms with E-state index < -0.39 is 40.8 Å². The first-order chi connectivity index (χ1) is 12.6. The lowest BCUT2D eigenvalue weighted by Gasteiger charge is -2.29. The monoisotopic (exact) mass is 406 g/mol. The molecule has 0 radical (unpaired) electrons. The Balaban J connectivity index is 1.71. The number of aliphatic hydroxyl groups is 1.